The molecule has 2 rings (SSSR count). The van der Waals surface area contributed by atoms with Gasteiger partial charge in [0.2, 0.25) is 5.91 Å². The summed E-state index contributed by atoms with van der Waals surface area (Å²) in [4.78, 5) is 27.8. The molecule has 6 nitrogen and oxygen atoms in total. The second-order valence-corrected chi connectivity index (χ2v) is 8.52. The number of rotatable bonds is 14. The van der Waals surface area contributed by atoms with Crippen LogP contribution in [0.25, 0.3) is 0 Å². The number of carbonyl (C=O) groups excluding carboxylic acids is 2. The van der Waals surface area contributed by atoms with Crippen molar-refractivity contribution in [2.75, 3.05) is 33.8 Å². The number of benzene rings is 1. The molecule has 1 saturated heterocycles. The number of aliphatic hydroxyl groups is 1. The largest absolute Gasteiger partial charge is 0.464 e. The lowest BCUT2D eigenvalue weighted by molar-refractivity contribution is -0.144. The Morgan fingerprint density at radius 2 is 1.97 bits per heavy atom. The fourth-order valence-corrected chi connectivity index (χ4v) is 3.75. The molecule has 1 aliphatic rings. The summed E-state index contributed by atoms with van der Waals surface area (Å²) in [5.41, 5.74) is 1.10. The Kier molecular flexibility index (Phi) is 11.3. The zero-order chi connectivity index (χ0) is 22.5. The number of ether oxygens (including phenoxy) is 1. The number of likely N-dealkylation sites (N-methyl/N-ethyl adjacent to an activating group) is 1. The van der Waals surface area contributed by atoms with Crippen molar-refractivity contribution < 1.29 is 19.4 Å². The maximum atomic E-state index is 12.2. The lowest BCUT2D eigenvalue weighted by Crippen LogP contribution is -2.32. The number of carbonyl (C=O) groups is 2. The average molecular weight is 431 g/mol. The highest BCUT2D eigenvalue weighted by Crippen LogP contribution is 2.21. The zero-order valence-electron chi connectivity index (χ0n) is 19.0. The number of esters is 1. The summed E-state index contributed by atoms with van der Waals surface area (Å²) in [6, 6.07) is 9.99. The second kappa shape index (κ2) is 14.0. The van der Waals surface area contributed by atoms with Crippen molar-refractivity contribution in [2.24, 2.45) is 0 Å². The molecule has 0 aliphatic carbocycles. The molecule has 0 saturated carbocycles. The van der Waals surface area contributed by atoms with Crippen LogP contribution in [-0.2, 0) is 20.7 Å². The normalized spacial score (nSPS) is 17.6. The van der Waals surface area contributed by atoms with Crippen LogP contribution in [0.4, 0.5) is 0 Å². The van der Waals surface area contributed by atoms with Gasteiger partial charge in [-0.3, -0.25) is 9.59 Å². The van der Waals surface area contributed by atoms with Crippen LogP contribution in [0.2, 0.25) is 0 Å². The molecule has 6 heteroatoms. The van der Waals surface area contributed by atoms with Crippen molar-refractivity contribution in [1.82, 2.24) is 9.80 Å². The van der Waals surface area contributed by atoms with Crippen molar-refractivity contribution in [2.45, 2.75) is 63.5 Å². The molecule has 1 aromatic carbocycles. The molecule has 0 aromatic heterocycles. The van der Waals surface area contributed by atoms with Crippen molar-refractivity contribution in [3.63, 3.8) is 0 Å². The highest BCUT2D eigenvalue weighted by atomic mass is 16.5. The Labute approximate surface area is 186 Å². The van der Waals surface area contributed by atoms with E-state index in [2.05, 4.69) is 0 Å². The minimum atomic E-state index is -0.544. The van der Waals surface area contributed by atoms with Crippen LogP contribution < -0.4 is 0 Å². The van der Waals surface area contributed by atoms with E-state index in [1.165, 1.54) is 0 Å². The minimum absolute atomic E-state index is 0.0737. The molecule has 0 spiro atoms. The summed E-state index contributed by atoms with van der Waals surface area (Å²) < 4.78 is 5.19. The van der Waals surface area contributed by atoms with E-state index < -0.39 is 6.10 Å². The standard InChI is InChI=1S/C25H38N2O4/c1-26(2)18-19-31-25(30)12-8-3-4-9-17-27-22(14-16-24(27)29)13-15-23(28)20-21-10-6-5-7-11-21/h5-7,10-11,13,15,22-23,28H,3-4,8-9,12,14,16-20H2,1-2H3/t22-,23+/m0/s1. The van der Waals surface area contributed by atoms with Gasteiger partial charge in [0.25, 0.3) is 0 Å². The van der Waals surface area contributed by atoms with Crippen LogP contribution in [0.1, 0.15) is 50.5 Å². The maximum absolute atomic E-state index is 12.2. The molecule has 1 aromatic rings. The van der Waals surface area contributed by atoms with Gasteiger partial charge in [0.15, 0.2) is 0 Å². The van der Waals surface area contributed by atoms with E-state index in [4.69, 9.17) is 4.74 Å². The first-order valence-corrected chi connectivity index (χ1v) is 11.5. The van der Waals surface area contributed by atoms with Crippen LogP contribution in [0.3, 0.4) is 0 Å². The molecule has 1 fully saturated rings. The van der Waals surface area contributed by atoms with E-state index in [1.807, 2.05) is 66.4 Å². The average Bonchev–Trinajstić information content (AvgIpc) is 3.09. The summed E-state index contributed by atoms with van der Waals surface area (Å²) >= 11 is 0. The number of hydrogen-bond donors (Lipinski definition) is 1. The van der Waals surface area contributed by atoms with E-state index in [9.17, 15) is 14.7 Å². The smallest absolute Gasteiger partial charge is 0.305 e. The monoisotopic (exact) mass is 430 g/mol. The molecule has 172 valence electrons. The SMILES string of the molecule is CN(C)CCOC(=O)CCCCCCN1C(=O)CC[C@@H]1C=C[C@@H](O)Cc1ccccc1. The van der Waals surface area contributed by atoms with Gasteiger partial charge in [-0.25, -0.2) is 0 Å². The van der Waals surface area contributed by atoms with Crippen molar-refractivity contribution in [3.8, 4) is 0 Å². The highest BCUT2D eigenvalue weighted by Gasteiger charge is 2.28. The number of hydrogen-bond acceptors (Lipinski definition) is 5. The topological polar surface area (TPSA) is 70.1 Å². The zero-order valence-corrected chi connectivity index (χ0v) is 19.0. The molecule has 0 unspecified atom stereocenters. The van der Waals surface area contributed by atoms with Crippen LogP contribution in [0, 0.1) is 0 Å². The van der Waals surface area contributed by atoms with Crippen molar-refractivity contribution >= 4 is 11.9 Å². The Bertz CT molecular complexity index is 690. The first-order valence-electron chi connectivity index (χ1n) is 11.5. The molecule has 2 atom stereocenters. The third-order valence-corrected chi connectivity index (χ3v) is 5.55. The lowest BCUT2D eigenvalue weighted by Gasteiger charge is -2.22. The van der Waals surface area contributed by atoms with Gasteiger partial charge in [0.05, 0.1) is 12.1 Å². The fourth-order valence-electron chi connectivity index (χ4n) is 3.75. The summed E-state index contributed by atoms with van der Waals surface area (Å²) in [5.74, 6) is 0.0625. The van der Waals surface area contributed by atoms with Gasteiger partial charge in [0.1, 0.15) is 6.61 Å². The molecule has 1 N–H and O–H groups in total. The Balaban J connectivity index is 1.62. The van der Waals surface area contributed by atoms with Gasteiger partial charge in [-0.2, -0.15) is 0 Å². The van der Waals surface area contributed by atoms with Crippen molar-refractivity contribution in [1.29, 1.82) is 0 Å². The van der Waals surface area contributed by atoms with Crippen LogP contribution in [0.15, 0.2) is 42.5 Å². The number of nitrogens with zero attached hydrogens (tertiary/aromatic N) is 2. The lowest BCUT2D eigenvalue weighted by atomic mass is 10.1. The maximum Gasteiger partial charge on any atom is 0.305 e. The second-order valence-electron chi connectivity index (χ2n) is 8.52. The minimum Gasteiger partial charge on any atom is -0.464 e. The summed E-state index contributed by atoms with van der Waals surface area (Å²) in [6.45, 7) is 1.92. The quantitative estimate of drug-likeness (QED) is 0.279. The third-order valence-electron chi connectivity index (χ3n) is 5.55. The van der Waals surface area contributed by atoms with Crippen LogP contribution in [-0.4, -0.2) is 72.7 Å². The number of unbranched alkanes of at least 4 members (excludes halogenated alkanes) is 3. The highest BCUT2D eigenvalue weighted by molar-refractivity contribution is 5.79. The van der Waals surface area contributed by atoms with Crippen LogP contribution >= 0.6 is 0 Å². The van der Waals surface area contributed by atoms with Gasteiger partial charge in [-0.15, -0.1) is 0 Å². The number of amides is 1. The molecule has 1 aliphatic heterocycles. The predicted octanol–water partition coefficient (Wildman–Crippen LogP) is 3.19. The summed E-state index contributed by atoms with van der Waals surface area (Å²) in [5, 5.41) is 10.3. The first-order chi connectivity index (χ1) is 15.0. The number of likely N-dealkylation sites (tertiary alicyclic amines) is 1. The van der Waals surface area contributed by atoms with E-state index in [-0.39, 0.29) is 17.9 Å². The van der Waals surface area contributed by atoms with Gasteiger partial charge < -0.3 is 19.6 Å². The van der Waals surface area contributed by atoms with E-state index in [0.29, 0.717) is 25.9 Å². The van der Waals surface area contributed by atoms with E-state index in [1.54, 1.807) is 0 Å². The van der Waals surface area contributed by atoms with Gasteiger partial charge in [-0.05, 0) is 38.9 Å². The predicted molar refractivity (Wildman–Crippen MR) is 123 cm³/mol. The van der Waals surface area contributed by atoms with Crippen LogP contribution in [0.5, 0.6) is 0 Å². The Morgan fingerprint density at radius 3 is 2.71 bits per heavy atom. The molecule has 1 amide bonds. The first kappa shape index (κ1) is 25.1. The Morgan fingerprint density at radius 1 is 1.23 bits per heavy atom. The number of aliphatic hydroxyl groups excluding tert-OH is 1. The molecule has 31 heavy (non-hydrogen) atoms. The van der Waals surface area contributed by atoms with Gasteiger partial charge in [-0.1, -0.05) is 55.3 Å². The Hall–Kier alpha value is -2.18. The molecular formula is C25H38N2O4. The summed E-state index contributed by atoms with van der Waals surface area (Å²) in [6.07, 6.45) is 9.39. The fraction of sp³-hybridized carbons (Fsp3) is 0.600. The third kappa shape index (κ3) is 10.1. The molecular weight excluding hydrogens is 392 g/mol. The van der Waals surface area contributed by atoms with Gasteiger partial charge >= 0.3 is 5.97 Å². The molecule has 0 radical (unpaired) electrons. The van der Waals surface area contributed by atoms with Gasteiger partial charge in [0, 0.05) is 32.4 Å². The summed E-state index contributed by atoms with van der Waals surface area (Å²) in [7, 11) is 3.90. The molecule has 1 heterocycles. The van der Waals surface area contributed by atoms with E-state index in [0.717, 1.165) is 50.8 Å². The van der Waals surface area contributed by atoms with Crippen molar-refractivity contribution in [3.05, 3.63) is 48.0 Å². The molecule has 0 bridgehead atoms. The van der Waals surface area contributed by atoms with E-state index >= 15 is 0 Å².